The van der Waals surface area contributed by atoms with Gasteiger partial charge in [-0.2, -0.15) is 0 Å². The Morgan fingerprint density at radius 2 is 1.78 bits per heavy atom. The second-order valence-electron chi connectivity index (χ2n) is 4.12. The van der Waals surface area contributed by atoms with Gasteiger partial charge in [0.2, 0.25) is 0 Å². The number of nitrogens with zero attached hydrogens (tertiary/aromatic N) is 1. The Morgan fingerprint density at radius 3 is 2.50 bits per heavy atom. The Bertz CT molecular complexity index is 687. The fourth-order valence-electron chi connectivity index (χ4n) is 1.93. The number of nitrogens with one attached hydrogen (secondary N) is 1. The van der Waals surface area contributed by atoms with Crippen LogP contribution in [0.1, 0.15) is 11.4 Å². The summed E-state index contributed by atoms with van der Waals surface area (Å²) in [6, 6.07) is 11.0. The van der Waals surface area contributed by atoms with Crippen molar-refractivity contribution in [1.29, 1.82) is 0 Å². The van der Waals surface area contributed by atoms with Crippen LogP contribution in [0.2, 0.25) is 0 Å². The summed E-state index contributed by atoms with van der Waals surface area (Å²) < 4.78 is 26.2. The number of aromatic nitrogens is 2. The highest BCUT2D eigenvalue weighted by molar-refractivity contribution is 5.75. The van der Waals surface area contributed by atoms with Gasteiger partial charge in [-0.3, -0.25) is 0 Å². The van der Waals surface area contributed by atoms with E-state index in [1.54, 1.807) is 24.3 Å². The van der Waals surface area contributed by atoms with Crippen LogP contribution in [0.15, 0.2) is 42.5 Å². The molecule has 0 spiro atoms. The molecule has 3 rings (SSSR count). The van der Waals surface area contributed by atoms with Gasteiger partial charge >= 0.3 is 0 Å². The number of H-pyrrole nitrogens is 1. The molecule has 18 heavy (non-hydrogen) atoms. The summed E-state index contributed by atoms with van der Waals surface area (Å²) in [4.78, 5) is 7.26. The molecular formula is C14H10F2N2. The van der Waals surface area contributed by atoms with Crippen molar-refractivity contribution in [3.05, 3.63) is 65.5 Å². The molecule has 2 aromatic carbocycles. The number of hydrogen-bond donors (Lipinski definition) is 1. The number of imidazole rings is 1. The van der Waals surface area contributed by atoms with Gasteiger partial charge < -0.3 is 4.98 Å². The summed E-state index contributed by atoms with van der Waals surface area (Å²) in [6.07, 6.45) is 0.522. The summed E-state index contributed by atoms with van der Waals surface area (Å²) in [5.74, 6) is 0.0604. The van der Waals surface area contributed by atoms with Gasteiger partial charge in [0, 0.05) is 6.42 Å². The number of aromatic amines is 1. The van der Waals surface area contributed by atoms with E-state index in [1.807, 2.05) is 0 Å². The molecule has 0 aliphatic rings. The van der Waals surface area contributed by atoms with Crippen LogP contribution in [0.25, 0.3) is 11.0 Å². The number of para-hydroxylation sites is 1. The molecular weight excluding hydrogens is 234 g/mol. The van der Waals surface area contributed by atoms with E-state index in [2.05, 4.69) is 9.97 Å². The molecule has 3 aromatic rings. The topological polar surface area (TPSA) is 28.7 Å². The SMILES string of the molecule is Fc1ccc(Cc2nc3c(F)cccc3[nH]2)cc1. The molecule has 0 atom stereocenters. The Hall–Kier alpha value is -2.23. The Labute approximate surface area is 102 Å². The molecule has 4 heteroatoms. The number of rotatable bonds is 2. The molecule has 0 saturated carbocycles. The van der Waals surface area contributed by atoms with Crippen LogP contribution >= 0.6 is 0 Å². The zero-order valence-electron chi connectivity index (χ0n) is 9.45. The zero-order chi connectivity index (χ0) is 12.5. The maximum atomic E-state index is 13.5. The molecule has 90 valence electrons. The number of hydrogen-bond acceptors (Lipinski definition) is 1. The van der Waals surface area contributed by atoms with Crippen molar-refractivity contribution in [1.82, 2.24) is 9.97 Å². The maximum absolute atomic E-state index is 13.5. The lowest BCUT2D eigenvalue weighted by Crippen LogP contribution is -1.90. The molecule has 0 bridgehead atoms. The predicted octanol–water partition coefficient (Wildman–Crippen LogP) is 3.43. The van der Waals surface area contributed by atoms with Crippen molar-refractivity contribution in [3.63, 3.8) is 0 Å². The van der Waals surface area contributed by atoms with Gasteiger partial charge in [-0.15, -0.1) is 0 Å². The standard InChI is InChI=1S/C14H10F2N2/c15-10-6-4-9(5-7-10)8-13-17-12-3-1-2-11(16)14(12)18-13/h1-7H,8H2,(H,17,18). The number of fused-ring (bicyclic) bond motifs is 1. The summed E-state index contributed by atoms with van der Waals surface area (Å²) in [7, 11) is 0. The molecule has 2 nitrogen and oxygen atoms in total. The van der Waals surface area contributed by atoms with Gasteiger partial charge in [0.25, 0.3) is 0 Å². The van der Waals surface area contributed by atoms with E-state index >= 15 is 0 Å². The van der Waals surface area contributed by atoms with Gasteiger partial charge in [-0.25, -0.2) is 13.8 Å². The van der Waals surface area contributed by atoms with Gasteiger partial charge in [0.15, 0.2) is 5.82 Å². The van der Waals surface area contributed by atoms with E-state index < -0.39 is 0 Å². The van der Waals surface area contributed by atoms with Crippen LogP contribution in [0.4, 0.5) is 8.78 Å². The Morgan fingerprint density at radius 1 is 1.00 bits per heavy atom. The van der Waals surface area contributed by atoms with Gasteiger partial charge in [-0.05, 0) is 29.8 Å². The number of benzene rings is 2. The Kier molecular flexibility index (Phi) is 2.55. The first-order valence-corrected chi connectivity index (χ1v) is 5.60. The predicted molar refractivity (Wildman–Crippen MR) is 65.3 cm³/mol. The first-order valence-electron chi connectivity index (χ1n) is 5.60. The van der Waals surface area contributed by atoms with E-state index in [1.165, 1.54) is 18.2 Å². The minimum absolute atomic E-state index is 0.269. The average Bonchev–Trinajstić information content (AvgIpc) is 2.76. The van der Waals surface area contributed by atoms with Crippen LogP contribution in [0.3, 0.4) is 0 Å². The number of halogens is 2. The van der Waals surface area contributed by atoms with Crippen LogP contribution in [0, 0.1) is 11.6 Å². The monoisotopic (exact) mass is 244 g/mol. The molecule has 0 unspecified atom stereocenters. The summed E-state index contributed by atoms with van der Waals surface area (Å²) in [5, 5.41) is 0. The van der Waals surface area contributed by atoms with Gasteiger partial charge in [0.05, 0.1) is 5.52 Å². The summed E-state index contributed by atoms with van der Waals surface area (Å²) in [5.41, 5.74) is 1.94. The molecule has 0 fully saturated rings. The lowest BCUT2D eigenvalue weighted by Gasteiger charge is -1.97. The highest BCUT2D eigenvalue weighted by Gasteiger charge is 2.07. The molecule has 0 aliphatic carbocycles. The zero-order valence-corrected chi connectivity index (χ0v) is 9.45. The smallest absolute Gasteiger partial charge is 0.151 e. The van der Waals surface area contributed by atoms with E-state index in [4.69, 9.17) is 0 Å². The summed E-state index contributed by atoms with van der Waals surface area (Å²) >= 11 is 0. The molecule has 0 radical (unpaired) electrons. The van der Waals surface area contributed by atoms with Gasteiger partial charge in [0.1, 0.15) is 17.2 Å². The van der Waals surface area contributed by atoms with E-state index in [0.29, 0.717) is 23.3 Å². The minimum atomic E-state index is -0.339. The van der Waals surface area contributed by atoms with Crippen molar-refractivity contribution in [2.24, 2.45) is 0 Å². The second-order valence-corrected chi connectivity index (χ2v) is 4.12. The van der Waals surface area contributed by atoms with E-state index in [0.717, 1.165) is 5.56 Å². The molecule has 0 saturated heterocycles. The van der Waals surface area contributed by atoms with Crippen LogP contribution < -0.4 is 0 Å². The molecule has 1 aromatic heterocycles. The fourth-order valence-corrected chi connectivity index (χ4v) is 1.93. The first kappa shape index (κ1) is 10.9. The van der Waals surface area contributed by atoms with Crippen molar-refractivity contribution in [2.75, 3.05) is 0 Å². The average molecular weight is 244 g/mol. The Balaban J connectivity index is 1.95. The molecule has 1 heterocycles. The molecule has 1 N–H and O–H groups in total. The third-order valence-electron chi connectivity index (χ3n) is 2.80. The van der Waals surface area contributed by atoms with Crippen molar-refractivity contribution < 1.29 is 8.78 Å². The van der Waals surface area contributed by atoms with Gasteiger partial charge in [-0.1, -0.05) is 18.2 Å². The maximum Gasteiger partial charge on any atom is 0.151 e. The quantitative estimate of drug-likeness (QED) is 0.735. The minimum Gasteiger partial charge on any atom is -0.342 e. The van der Waals surface area contributed by atoms with Crippen molar-refractivity contribution in [3.8, 4) is 0 Å². The third-order valence-corrected chi connectivity index (χ3v) is 2.80. The van der Waals surface area contributed by atoms with Crippen LogP contribution in [-0.2, 0) is 6.42 Å². The highest BCUT2D eigenvalue weighted by Crippen LogP contribution is 2.16. The highest BCUT2D eigenvalue weighted by atomic mass is 19.1. The first-order chi connectivity index (χ1) is 8.72. The van der Waals surface area contributed by atoms with Crippen molar-refractivity contribution >= 4 is 11.0 Å². The largest absolute Gasteiger partial charge is 0.342 e. The van der Waals surface area contributed by atoms with Crippen molar-refractivity contribution in [2.45, 2.75) is 6.42 Å². The summed E-state index contributed by atoms with van der Waals surface area (Å²) in [6.45, 7) is 0. The van der Waals surface area contributed by atoms with Crippen LogP contribution in [0.5, 0.6) is 0 Å². The fraction of sp³-hybridized carbons (Fsp3) is 0.0714. The normalized spacial score (nSPS) is 11.0. The molecule has 0 aliphatic heterocycles. The van der Waals surface area contributed by atoms with E-state index in [-0.39, 0.29) is 11.6 Å². The molecule has 0 amide bonds. The lowest BCUT2D eigenvalue weighted by atomic mass is 10.1. The third kappa shape index (κ3) is 1.97. The van der Waals surface area contributed by atoms with Crippen LogP contribution in [-0.4, -0.2) is 9.97 Å². The van der Waals surface area contributed by atoms with E-state index in [9.17, 15) is 8.78 Å². The lowest BCUT2D eigenvalue weighted by molar-refractivity contribution is 0.627. The second kappa shape index (κ2) is 4.22.